The van der Waals surface area contributed by atoms with Gasteiger partial charge in [-0.05, 0) is 42.0 Å². The maximum absolute atomic E-state index is 10.7. The van der Waals surface area contributed by atoms with E-state index in [1.54, 1.807) is 12.1 Å². The predicted molar refractivity (Wildman–Crippen MR) is 66.2 cm³/mol. The molecule has 1 atom stereocenters. The van der Waals surface area contributed by atoms with E-state index in [1.807, 2.05) is 20.8 Å². The van der Waals surface area contributed by atoms with Crippen LogP contribution in [0.3, 0.4) is 0 Å². The smallest absolute Gasteiger partial charge is 0.320 e. The van der Waals surface area contributed by atoms with E-state index in [0.717, 1.165) is 16.7 Å². The van der Waals surface area contributed by atoms with Crippen molar-refractivity contribution in [1.29, 1.82) is 0 Å². The Morgan fingerprint density at radius 3 is 2.47 bits per heavy atom. The second-order valence-electron chi connectivity index (χ2n) is 4.59. The number of nitrogens with two attached hydrogens (primary N) is 1. The standard InChI is InChI=1S/C13H19NO3/c1-7(2)12-8(3)9(4-5-11(12)15)6-10(14)13(16)17/h4-5,7,10,15H,6,14H2,1-3H3,(H,16,17)/t10-/m0/s1. The van der Waals surface area contributed by atoms with E-state index in [2.05, 4.69) is 0 Å². The molecule has 0 fully saturated rings. The second-order valence-corrected chi connectivity index (χ2v) is 4.59. The monoisotopic (exact) mass is 237 g/mol. The third-order valence-electron chi connectivity index (χ3n) is 2.94. The minimum atomic E-state index is -1.01. The largest absolute Gasteiger partial charge is 0.508 e. The summed E-state index contributed by atoms with van der Waals surface area (Å²) in [6.07, 6.45) is 0.279. The molecule has 0 aliphatic heterocycles. The summed E-state index contributed by atoms with van der Waals surface area (Å²) in [6.45, 7) is 5.87. The number of hydrogen-bond acceptors (Lipinski definition) is 3. The molecule has 0 amide bonds. The number of hydrogen-bond donors (Lipinski definition) is 3. The number of carboxylic acids is 1. The maximum atomic E-state index is 10.7. The van der Waals surface area contributed by atoms with E-state index in [4.69, 9.17) is 10.8 Å². The van der Waals surface area contributed by atoms with Crippen molar-refractivity contribution in [2.75, 3.05) is 0 Å². The molecule has 0 spiro atoms. The Hall–Kier alpha value is -1.55. The van der Waals surface area contributed by atoms with Crippen molar-refractivity contribution in [3.63, 3.8) is 0 Å². The molecule has 4 nitrogen and oxygen atoms in total. The number of phenolic OH excluding ortho intramolecular Hbond substituents is 1. The van der Waals surface area contributed by atoms with Gasteiger partial charge in [0.2, 0.25) is 0 Å². The van der Waals surface area contributed by atoms with Crippen LogP contribution >= 0.6 is 0 Å². The van der Waals surface area contributed by atoms with Crippen LogP contribution in [0, 0.1) is 6.92 Å². The lowest BCUT2D eigenvalue weighted by atomic mass is 9.91. The van der Waals surface area contributed by atoms with Gasteiger partial charge in [0.15, 0.2) is 0 Å². The Morgan fingerprint density at radius 1 is 1.41 bits per heavy atom. The van der Waals surface area contributed by atoms with Gasteiger partial charge in [-0.25, -0.2) is 0 Å². The van der Waals surface area contributed by atoms with Crippen LogP contribution in [-0.4, -0.2) is 22.2 Å². The molecule has 0 heterocycles. The zero-order valence-electron chi connectivity index (χ0n) is 10.4. The highest BCUT2D eigenvalue weighted by atomic mass is 16.4. The first-order valence-corrected chi connectivity index (χ1v) is 5.64. The molecule has 4 N–H and O–H groups in total. The normalized spacial score (nSPS) is 12.8. The van der Waals surface area contributed by atoms with Gasteiger partial charge in [0.1, 0.15) is 11.8 Å². The Morgan fingerprint density at radius 2 is 2.00 bits per heavy atom. The van der Waals surface area contributed by atoms with Crippen LogP contribution in [0.2, 0.25) is 0 Å². The van der Waals surface area contributed by atoms with Crippen LogP contribution in [0.1, 0.15) is 36.5 Å². The summed E-state index contributed by atoms with van der Waals surface area (Å²) >= 11 is 0. The van der Waals surface area contributed by atoms with Crippen molar-refractivity contribution in [2.45, 2.75) is 39.2 Å². The fraction of sp³-hybridized carbons (Fsp3) is 0.462. The molecule has 0 saturated heterocycles. The Balaban J connectivity index is 3.11. The minimum absolute atomic E-state index is 0.191. The maximum Gasteiger partial charge on any atom is 0.320 e. The van der Waals surface area contributed by atoms with Gasteiger partial charge in [-0.2, -0.15) is 0 Å². The second kappa shape index (κ2) is 5.19. The minimum Gasteiger partial charge on any atom is -0.508 e. The van der Waals surface area contributed by atoms with E-state index in [-0.39, 0.29) is 18.1 Å². The molecule has 1 aromatic rings. The van der Waals surface area contributed by atoms with Crippen molar-refractivity contribution < 1.29 is 15.0 Å². The Labute approximate surface area is 101 Å². The molecule has 0 aromatic heterocycles. The van der Waals surface area contributed by atoms with Gasteiger partial charge in [-0.3, -0.25) is 4.79 Å². The first kappa shape index (κ1) is 13.5. The van der Waals surface area contributed by atoms with Crippen molar-refractivity contribution >= 4 is 5.97 Å². The fourth-order valence-corrected chi connectivity index (χ4v) is 2.03. The van der Waals surface area contributed by atoms with Crippen LogP contribution in [0.5, 0.6) is 5.75 Å². The molecule has 0 aliphatic rings. The van der Waals surface area contributed by atoms with Crippen molar-refractivity contribution in [2.24, 2.45) is 5.73 Å². The van der Waals surface area contributed by atoms with E-state index in [1.165, 1.54) is 0 Å². The lowest BCUT2D eigenvalue weighted by molar-refractivity contribution is -0.138. The molecule has 94 valence electrons. The van der Waals surface area contributed by atoms with E-state index < -0.39 is 12.0 Å². The summed E-state index contributed by atoms with van der Waals surface area (Å²) in [7, 11) is 0. The average Bonchev–Trinajstić information content (AvgIpc) is 2.21. The molecular formula is C13H19NO3. The first-order chi connectivity index (χ1) is 7.84. The van der Waals surface area contributed by atoms with Crippen LogP contribution in [-0.2, 0) is 11.2 Å². The molecule has 1 rings (SSSR count). The number of aliphatic carboxylic acids is 1. The van der Waals surface area contributed by atoms with Crippen LogP contribution in [0.25, 0.3) is 0 Å². The SMILES string of the molecule is Cc1c(C[C@H](N)C(=O)O)ccc(O)c1C(C)C. The predicted octanol–water partition coefficient (Wildman–Crippen LogP) is 1.78. The highest BCUT2D eigenvalue weighted by Gasteiger charge is 2.17. The summed E-state index contributed by atoms with van der Waals surface area (Å²) in [5.41, 5.74) is 8.18. The summed E-state index contributed by atoms with van der Waals surface area (Å²) in [6, 6.07) is 2.43. The number of benzene rings is 1. The number of carboxylic acid groups (broad SMARTS) is 1. The molecule has 17 heavy (non-hydrogen) atoms. The van der Waals surface area contributed by atoms with Crippen LogP contribution in [0.15, 0.2) is 12.1 Å². The zero-order valence-corrected chi connectivity index (χ0v) is 10.4. The zero-order chi connectivity index (χ0) is 13.2. The summed E-state index contributed by atoms with van der Waals surface area (Å²) < 4.78 is 0. The lowest BCUT2D eigenvalue weighted by Crippen LogP contribution is -2.32. The van der Waals surface area contributed by atoms with Gasteiger partial charge < -0.3 is 15.9 Å². The quantitative estimate of drug-likeness (QED) is 0.745. The molecule has 0 radical (unpaired) electrons. The van der Waals surface area contributed by atoms with Crippen molar-refractivity contribution in [1.82, 2.24) is 0 Å². The highest BCUT2D eigenvalue weighted by Crippen LogP contribution is 2.31. The number of carbonyl (C=O) groups is 1. The lowest BCUT2D eigenvalue weighted by Gasteiger charge is -2.17. The van der Waals surface area contributed by atoms with Gasteiger partial charge in [-0.1, -0.05) is 19.9 Å². The van der Waals surface area contributed by atoms with E-state index >= 15 is 0 Å². The van der Waals surface area contributed by atoms with Crippen LogP contribution < -0.4 is 5.73 Å². The van der Waals surface area contributed by atoms with E-state index in [0.29, 0.717) is 0 Å². The van der Waals surface area contributed by atoms with Gasteiger partial charge in [0.25, 0.3) is 0 Å². The molecule has 1 aromatic carbocycles. The van der Waals surface area contributed by atoms with Gasteiger partial charge in [-0.15, -0.1) is 0 Å². The fourth-order valence-electron chi connectivity index (χ4n) is 2.03. The van der Waals surface area contributed by atoms with Crippen LogP contribution in [0.4, 0.5) is 0 Å². The van der Waals surface area contributed by atoms with Gasteiger partial charge in [0.05, 0.1) is 0 Å². The number of phenols is 1. The molecule has 0 saturated carbocycles. The Bertz CT molecular complexity index is 427. The third-order valence-corrected chi connectivity index (χ3v) is 2.94. The first-order valence-electron chi connectivity index (χ1n) is 5.64. The van der Waals surface area contributed by atoms with Gasteiger partial charge in [0, 0.05) is 0 Å². The van der Waals surface area contributed by atoms with Crippen molar-refractivity contribution in [3.05, 3.63) is 28.8 Å². The summed E-state index contributed by atoms with van der Waals surface area (Å²) in [4.78, 5) is 10.7. The van der Waals surface area contributed by atoms with E-state index in [9.17, 15) is 9.90 Å². The summed E-state index contributed by atoms with van der Waals surface area (Å²) in [5.74, 6) is -0.565. The molecule has 4 heteroatoms. The van der Waals surface area contributed by atoms with Gasteiger partial charge >= 0.3 is 5.97 Å². The third kappa shape index (κ3) is 2.97. The number of aromatic hydroxyl groups is 1. The van der Waals surface area contributed by atoms with Crippen molar-refractivity contribution in [3.8, 4) is 5.75 Å². The molecular weight excluding hydrogens is 218 g/mol. The molecule has 0 aliphatic carbocycles. The summed E-state index contributed by atoms with van der Waals surface area (Å²) in [5, 5.41) is 18.6. The number of rotatable bonds is 4. The highest BCUT2D eigenvalue weighted by molar-refractivity contribution is 5.73. The topological polar surface area (TPSA) is 83.6 Å². The molecule has 0 unspecified atom stereocenters. The average molecular weight is 237 g/mol. The Kier molecular flexibility index (Phi) is 4.12. The molecule has 0 bridgehead atoms.